The molecule has 3 nitrogen and oxygen atoms in total. The molecule has 1 aromatic carbocycles. The zero-order chi connectivity index (χ0) is 13.8. The van der Waals surface area contributed by atoms with Crippen LogP contribution >= 0.6 is 11.8 Å². The van der Waals surface area contributed by atoms with Gasteiger partial charge in [-0.25, -0.2) is 8.78 Å². The quantitative estimate of drug-likeness (QED) is 0.285. The Kier molecular flexibility index (Phi) is 4.95. The molecule has 100 valence electrons. The number of rotatable bonds is 5. The van der Waals surface area contributed by atoms with Crippen LogP contribution in [0.4, 0.5) is 8.78 Å². The normalized spacial score (nSPS) is 12.8. The van der Waals surface area contributed by atoms with E-state index in [2.05, 4.69) is 5.16 Å². The summed E-state index contributed by atoms with van der Waals surface area (Å²) in [5.41, 5.74) is 5.09. The fourth-order valence-electron chi connectivity index (χ4n) is 1.27. The van der Waals surface area contributed by atoms with E-state index in [1.807, 2.05) is 13.8 Å². The van der Waals surface area contributed by atoms with Crippen molar-refractivity contribution in [3.8, 4) is 0 Å². The number of nitrogens with two attached hydrogens (primary N) is 1. The van der Waals surface area contributed by atoms with Crippen molar-refractivity contribution < 1.29 is 14.0 Å². The second-order valence-electron chi connectivity index (χ2n) is 4.54. The lowest BCUT2D eigenvalue weighted by Crippen LogP contribution is -2.32. The first-order valence-electron chi connectivity index (χ1n) is 5.42. The van der Waals surface area contributed by atoms with E-state index < -0.39 is 17.0 Å². The van der Waals surface area contributed by atoms with E-state index >= 15 is 0 Å². The molecule has 0 aliphatic carbocycles. The molecule has 0 amide bonds. The minimum absolute atomic E-state index is 0.141. The molecule has 6 heteroatoms. The third-order valence-electron chi connectivity index (χ3n) is 2.68. The van der Waals surface area contributed by atoms with Crippen molar-refractivity contribution >= 4 is 17.6 Å². The van der Waals surface area contributed by atoms with Crippen molar-refractivity contribution in [2.24, 2.45) is 16.3 Å². The van der Waals surface area contributed by atoms with Gasteiger partial charge in [-0.1, -0.05) is 19.0 Å². The van der Waals surface area contributed by atoms with Crippen LogP contribution in [0.25, 0.3) is 0 Å². The summed E-state index contributed by atoms with van der Waals surface area (Å²) in [6, 6.07) is 3.49. The molecular weight excluding hydrogens is 258 g/mol. The third kappa shape index (κ3) is 3.87. The van der Waals surface area contributed by atoms with Gasteiger partial charge in [0, 0.05) is 16.4 Å². The number of hydrogen-bond donors (Lipinski definition) is 2. The maximum Gasteiger partial charge on any atom is 0.144 e. The minimum Gasteiger partial charge on any atom is -0.409 e. The molecule has 0 heterocycles. The first-order chi connectivity index (χ1) is 8.36. The summed E-state index contributed by atoms with van der Waals surface area (Å²) < 4.78 is 26.0. The van der Waals surface area contributed by atoms with E-state index in [-0.39, 0.29) is 5.84 Å². The van der Waals surface area contributed by atoms with E-state index in [4.69, 9.17) is 10.9 Å². The van der Waals surface area contributed by atoms with Gasteiger partial charge in [-0.2, -0.15) is 0 Å². The van der Waals surface area contributed by atoms with E-state index in [1.54, 1.807) is 0 Å². The van der Waals surface area contributed by atoms with Crippen LogP contribution in [-0.4, -0.2) is 16.8 Å². The monoisotopic (exact) mass is 274 g/mol. The lowest BCUT2D eigenvalue weighted by Gasteiger charge is -2.22. The molecule has 0 saturated carbocycles. The molecule has 0 bridgehead atoms. The lowest BCUT2D eigenvalue weighted by atomic mass is 9.89. The van der Waals surface area contributed by atoms with E-state index in [9.17, 15) is 8.78 Å². The predicted octanol–water partition coefficient (Wildman–Crippen LogP) is 3.22. The summed E-state index contributed by atoms with van der Waals surface area (Å²) >= 11 is 1.28. The Hall–Kier alpha value is -1.30. The molecule has 0 fully saturated rings. The summed E-state index contributed by atoms with van der Waals surface area (Å²) in [6.07, 6.45) is 0.615. The fraction of sp³-hybridized carbons (Fsp3) is 0.417. The van der Waals surface area contributed by atoms with E-state index in [0.717, 1.165) is 6.07 Å². The van der Waals surface area contributed by atoms with Crippen LogP contribution in [-0.2, 0) is 0 Å². The largest absolute Gasteiger partial charge is 0.409 e. The lowest BCUT2D eigenvalue weighted by molar-refractivity contribution is 0.307. The van der Waals surface area contributed by atoms with Crippen LogP contribution in [0.5, 0.6) is 0 Å². The van der Waals surface area contributed by atoms with Gasteiger partial charge in [0.1, 0.15) is 17.5 Å². The third-order valence-corrected chi connectivity index (χ3v) is 3.73. The van der Waals surface area contributed by atoms with Gasteiger partial charge < -0.3 is 10.9 Å². The number of nitrogens with zero attached hydrogens (tertiary/aromatic N) is 1. The molecule has 0 aliphatic rings. The zero-order valence-corrected chi connectivity index (χ0v) is 11.1. The highest BCUT2D eigenvalue weighted by molar-refractivity contribution is 7.99. The number of amidine groups is 1. The van der Waals surface area contributed by atoms with Gasteiger partial charge in [0.05, 0.1) is 0 Å². The topological polar surface area (TPSA) is 58.6 Å². The molecule has 0 unspecified atom stereocenters. The summed E-state index contributed by atoms with van der Waals surface area (Å²) in [5, 5.41) is 11.6. The van der Waals surface area contributed by atoms with Crippen molar-refractivity contribution in [2.45, 2.75) is 25.2 Å². The Morgan fingerprint density at radius 3 is 2.67 bits per heavy atom. The predicted molar refractivity (Wildman–Crippen MR) is 68.9 cm³/mol. The SMILES string of the molecule is CC(C)(CCSc1ccc(F)cc1F)C(N)=NO. The van der Waals surface area contributed by atoms with Crippen molar-refractivity contribution in [3.05, 3.63) is 29.8 Å². The summed E-state index contributed by atoms with van der Waals surface area (Å²) in [4.78, 5) is 0.395. The summed E-state index contributed by atoms with van der Waals surface area (Å²) in [6.45, 7) is 3.67. The maximum absolute atomic E-state index is 13.3. The van der Waals surface area contributed by atoms with E-state index in [0.29, 0.717) is 17.1 Å². The van der Waals surface area contributed by atoms with Crippen molar-refractivity contribution in [1.29, 1.82) is 0 Å². The van der Waals surface area contributed by atoms with Gasteiger partial charge in [-0.05, 0) is 24.3 Å². The first kappa shape index (κ1) is 14.8. The van der Waals surface area contributed by atoms with Gasteiger partial charge in [-0.15, -0.1) is 11.8 Å². The molecule has 0 radical (unpaired) electrons. The van der Waals surface area contributed by atoms with Crippen molar-refractivity contribution in [2.75, 3.05) is 5.75 Å². The Bertz CT molecular complexity index is 450. The van der Waals surface area contributed by atoms with Crippen LogP contribution in [0.3, 0.4) is 0 Å². The Labute approximate surface area is 109 Å². The average Bonchev–Trinajstić information content (AvgIpc) is 2.30. The fourth-order valence-corrected chi connectivity index (χ4v) is 2.47. The van der Waals surface area contributed by atoms with E-state index in [1.165, 1.54) is 23.9 Å². The van der Waals surface area contributed by atoms with Crippen LogP contribution < -0.4 is 5.73 Å². The Balaban J connectivity index is 2.57. The highest BCUT2D eigenvalue weighted by atomic mass is 32.2. The maximum atomic E-state index is 13.3. The number of benzene rings is 1. The molecule has 0 spiro atoms. The number of halogens is 2. The molecule has 1 aromatic rings. The number of hydrogen-bond acceptors (Lipinski definition) is 3. The van der Waals surface area contributed by atoms with Gasteiger partial charge in [-0.3, -0.25) is 0 Å². The van der Waals surface area contributed by atoms with Gasteiger partial charge >= 0.3 is 0 Å². The highest BCUT2D eigenvalue weighted by Gasteiger charge is 2.23. The van der Waals surface area contributed by atoms with Gasteiger partial charge in [0.15, 0.2) is 0 Å². The average molecular weight is 274 g/mol. The van der Waals surface area contributed by atoms with Crippen molar-refractivity contribution in [1.82, 2.24) is 0 Å². The van der Waals surface area contributed by atoms with Crippen LogP contribution in [0.2, 0.25) is 0 Å². The van der Waals surface area contributed by atoms with Gasteiger partial charge in [0.2, 0.25) is 0 Å². The zero-order valence-electron chi connectivity index (χ0n) is 10.3. The molecule has 3 N–H and O–H groups in total. The highest BCUT2D eigenvalue weighted by Crippen LogP contribution is 2.28. The summed E-state index contributed by atoms with van der Waals surface area (Å²) in [7, 11) is 0. The Morgan fingerprint density at radius 2 is 2.11 bits per heavy atom. The molecular formula is C12H16F2N2OS. The molecule has 0 atom stereocenters. The molecule has 18 heavy (non-hydrogen) atoms. The smallest absolute Gasteiger partial charge is 0.144 e. The Morgan fingerprint density at radius 1 is 1.44 bits per heavy atom. The summed E-state index contributed by atoms with van der Waals surface area (Å²) in [5.74, 6) is -0.427. The standard InChI is InChI=1S/C12H16F2N2OS/c1-12(2,11(15)16-17)5-6-18-10-4-3-8(13)7-9(10)14/h3-4,7,17H,5-6H2,1-2H3,(H2,15,16). The minimum atomic E-state index is -0.589. The van der Waals surface area contributed by atoms with Gasteiger partial charge in [0.25, 0.3) is 0 Å². The first-order valence-corrected chi connectivity index (χ1v) is 6.41. The van der Waals surface area contributed by atoms with Crippen molar-refractivity contribution in [3.63, 3.8) is 0 Å². The number of thioether (sulfide) groups is 1. The molecule has 1 rings (SSSR count). The second kappa shape index (κ2) is 6.04. The number of oxime groups is 1. The molecule has 0 aliphatic heterocycles. The molecule has 0 saturated heterocycles. The van der Waals surface area contributed by atoms with Crippen LogP contribution in [0.1, 0.15) is 20.3 Å². The molecule has 0 aromatic heterocycles. The van der Waals surface area contributed by atoms with Crippen LogP contribution in [0, 0.1) is 17.0 Å². The van der Waals surface area contributed by atoms with Crippen LogP contribution in [0.15, 0.2) is 28.3 Å². The second-order valence-corrected chi connectivity index (χ2v) is 5.68.